The van der Waals surface area contributed by atoms with Gasteiger partial charge in [0.25, 0.3) is 0 Å². The summed E-state index contributed by atoms with van der Waals surface area (Å²) in [6, 6.07) is 6.14. The summed E-state index contributed by atoms with van der Waals surface area (Å²) in [7, 11) is -3.31. The fraction of sp³-hybridized carbons (Fsp3) is 0.467. The molecule has 1 aliphatic rings. The van der Waals surface area contributed by atoms with E-state index >= 15 is 0 Å². The van der Waals surface area contributed by atoms with Gasteiger partial charge in [-0.2, -0.15) is 0 Å². The molecule has 1 aromatic carbocycles. The monoisotopic (exact) mass is 341 g/mol. The zero-order chi connectivity index (χ0) is 17.0. The molecule has 0 amide bonds. The molecular weight excluding hydrogens is 322 g/mol. The van der Waals surface area contributed by atoms with E-state index in [0.29, 0.717) is 18.7 Å². The number of hydrogen-bond acceptors (Lipinski definition) is 6. The predicted molar refractivity (Wildman–Crippen MR) is 83.7 cm³/mol. The van der Waals surface area contributed by atoms with Gasteiger partial charge in [0.05, 0.1) is 23.1 Å². The molecule has 0 aliphatic carbocycles. The number of hydrogen-bond donors (Lipinski definition) is 0. The molecule has 1 saturated heterocycles. The molecule has 0 bridgehead atoms. The van der Waals surface area contributed by atoms with Gasteiger partial charge < -0.3 is 9.47 Å². The smallest absolute Gasteiger partial charge is 0.344 e. The van der Waals surface area contributed by atoms with Crippen molar-refractivity contribution in [1.29, 1.82) is 0 Å². The maximum absolute atomic E-state index is 12.0. The maximum Gasteiger partial charge on any atom is 0.344 e. The third-order valence-electron chi connectivity index (χ3n) is 3.16. The van der Waals surface area contributed by atoms with Gasteiger partial charge >= 0.3 is 11.9 Å². The normalized spacial score (nSPS) is 16.4. The minimum absolute atomic E-state index is 0.0999. The number of sulfonamides is 1. The summed E-state index contributed by atoms with van der Waals surface area (Å²) in [4.78, 5) is 23.3. The molecule has 126 valence electrons. The van der Waals surface area contributed by atoms with Crippen molar-refractivity contribution in [2.45, 2.75) is 26.4 Å². The van der Waals surface area contributed by atoms with Crippen LogP contribution in [-0.2, 0) is 24.3 Å². The van der Waals surface area contributed by atoms with E-state index in [-0.39, 0.29) is 17.4 Å². The lowest BCUT2D eigenvalue weighted by Gasteiger charge is -2.17. The molecule has 1 heterocycles. The summed E-state index contributed by atoms with van der Waals surface area (Å²) < 4.78 is 34.8. The Bertz CT molecular complexity index is 698. The highest BCUT2D eigenvalue weighted by Crippen LogP contribution is 2.24. The lowest BCUT2D eigenvalue weighted by Crippen LogP contribution is -2.25. The Morgan fingerprint density at radius 3 is 2.65 bits per heavy atom. The van der Waals surface area contributed by atoms with Gasteiger partial charge in [0.1, 0.15) is 0 Å². The van der Waals surface area contributed by atoms with Crippen LogP contribution >= 0.6 is 0 Å². The minimum Gasteiger partial charge on any atom is -0.460 e. The summed E-state index contributed by atoms with van der Waals surface area (Å²) in [5, 5.41) is 0. The molecule has 1 fully saturated rings. The Morgan fingerprint density at radius 1 is 1.30 bits per heavy atom. The molecule has 0 aromatic heterocycles. The molecule has 0 atom stereocenters. The van der Waals surface area contributed by atoms with Crippen LogP contribution in [0.5, 0.6) is 0 Å². The van der Waals surface area contributed by atoms with Gasteiger partial charge in [0.15, 0.2) is 6.61 Å². The van der Waals surface area contributed by atoms with Crippen molar-refractivity contribution in [3.8, 4) is 0 Å². The molecular formula is C15H19NO6S. The predicted octanol–water partition coefficient (Wildman–Crippen LogP) is 1.33. The van der Waals surface area contributed by atoms with Gasteiger partial charge in [0.2, 0.25) is 10.0 Å². The van der Waals surface area contributed by atoms with Crippen LogP contribution in [0.4, 0.5) is 5.69 Å². The Morgan fingerprint density at radius 2 is 2.04 bits per heavy atom. The number of benzene rings is 1. The van der Waals surface area contributed by atoms with Crippen LogP contribution in [0.2, 0.25) is 0 Å². The largest absolute Gasteiger partial charge is 0.460 e. The number of carbonyl (C=O) groups excluding carboxylic acids is 2. The Labute approximate surface area is 135 Å². The summed E-state index contributed by atoms with van der Waals surface area (Å²) in [6.45, 7) is 3.30. The third-order valence-corrected chi connectivity index (χ3v) is 5.03. The molecule has 0 radical (unpaired) electrons. The van der Waals surface area contributed by atoms with Gasteiger partial charge in [-0.25, -0.2) is 18.0 Å². The van der Waals surface area contributed by atoms with Crippen LogP contribution in [0.1, 0.15) is 30.6 Å². The van der Waals surface area contributed by atoms with Crippen LogP contribution < -0.4 is 4.31 Å². The summed E-state index contributed by atoms with van der Waals surface area (Å²) in [5.41, 5.74) is 0.601. The number of anilines is 1. The lowest BCUT2D eigenvalue weighted by molar-refractivity contribution is -0.150. The quantitative estimate of drug-likeness (QED) is 0.751. The van der Waals surface area contributed by atoms with E-state index in [1.165, 1.54) is 16.4 Å². The molecule has 1 aromatic rings. The first-order valence-corrected chi connectivity index (χ1v) is 8.87. The van der Waals surface area contributed by atoms with E-state index in [9.17, 15) is 18.0 Å². The highest BCUT2D eigenvalue weighted by atomic mass is 32.2. The fourth-order valence-corrected chi connectivity index (χ4v) is 3.78. The fourth-order valence-electron chi connectivity index (χ4n) is 2.22. The highest BCUT2D eigenvalue weighted by Gasteiger charge is 2.28. The number of rotatable bonds is 5. The molecule has 1 aliphatic heterocycles. The van der Waals surface area contributed by atoms with Crippen LogP contribution in [-0.4, -0.2) is 45.4 Å². The zero-order valence-corrected chi connectivity index (χ0v) is 13.8. The highest BCUT2D eigenvalue weighted by molar-refractivity contribution is 7.93. The first kappa shape index (κ1) is 17.3. The molecule has 2 rings (SSSR count). The lowest BCUT2D eigenvalue weighted by atomic mass is 10.2. The first-order valence-electron chi connectivity index (χ1n) is 7.26. The van der Waals surface area contributed by atoms with E-state index in [2.05, 4.69) is 0 Å². The Kier molecular flexibility index (Phi) is 5.25. The van der Waals surface area contributed by atoms with E-state index in [0.717, 1.165) is 0 Å². The Balaban J connectivity index is 2.05. The number of carbonyl (C=O) groups is 2. The van der Waals surface area contributed by atoms with Gasteiger partial charge in [-0.05, 0) is 38.5 Å². The second kappa shape index (κ2) is 6.99. The summed E-state index contributed by atoms with van der Waals surface area (Å²) in [6.07, 6.45) is 0.266. The average molecular weight is 341 g/mol. The molecule has 0 saturated carbocycles. The SMILES string of the molecule is CC(C)OC(=O)COC(=O)c1cccc(N2CCCS2(=O)=O)c1. The number of ether oxygens (including phenoxy) is 2. The molecule has 0 spiro atoms. The van der Waals surface area contributed by atoms with E-state index < -0.39 is 28.6 Å². The van der Waals surface area contributed by atoms with Gasteiger partial charge in [0, 0.05) is 6.54 Å². The summed E-state index contributed by atoms with van der Waals surface area (Å²) >= 11 is 0. The van der Waals surface area contributed by atoms with Gasteiger partial charge in [-0.3, -0.25) is 4.31 Å². The molecule has 7 nitrogen and oxygen atoms in total. The summed E-state index contributed by atoms with van der Waals surface area (Å²) in [5.74, 6) is -1.24. The number of esters is 2. The van der Waals surface area contributed by atoms with Crippen molar-refractivity contribution >= 4 is 27.6 Å². The average Bonchev–Trinajstić information content (AvgIpc) is 2.83. The topological polar surface area (TPSA) is 90.0 Å². The van der Waals surface area contributed by atoms with Crippen LogP contribution in [0.25, 0.3) is 0 Å². The first-order chi connectivity index (χ1) is 10.8. The van der Waals surface area contributed by atoms with Crippen molar-refractivity contribution < 1.29 is 27.5 Å². The second-order valence-electron chi connectivity index (χ2n) is 5.41. The molecule has 8 heteroatoms. The van der Waals surface area contributed by atoms with Crippen molar-refractivity contribution in [2.75, 3.05) is 23.2 Å². The molecule has 0 N–H and O–H groups in total. The second-order valence-corrected chi connectivity index (χ2v) is 7.42. The van der Waals surface area contributed by atoms with Crippen LogP contribution in [0.15, 0.2) is 24.3 Å². The minimum atomic E-state index is -3.31. The Hall–Kier alpha value is -2.09. The van der Waals surface area contributed by atoms with E-state index in [1.807, 2.05) is 0 Å². The van der Waals surface area contributed by atoms with Gasteiger partial charge in [-0.1, -0.05) is 6.07 Å². The van der Waals surface area contributed by atoms with Crippen molar-refractivity contribution in [1.82, 2.24) is 0 Å². The van der Waals surface area contributed by atoms with E-state index in [4.69, 9.17) is 9.47 Å². The third kappa shape index (κ3) is 4.44. The van der Waals surface area contributed by atoms with Crippen molar-refractivity contribution in [2.24, 2.45) is 0 Å². The van der Waals surface area contributed by atoms with E-state index in [1.54, 1.807) is 26.0 Å². The maximum atomic E-state index is 12.0. The van der Waals surface area contributed by atoms with Crippen LogP contribution in [0.3, 0.4) is 0 Å². The zero-order valence-electron chi connectivity index (χ0n) is 13.0. The van der Waals surface area contributed by atoms with Gasteiger partial charge in [-0.15, -0.1) is 0 Å². The van der Waals surface area contributed by atoms with Crippen LogP contribution in [0, 0.1) is 0 Å². The van der Waals surface area contributed by atoms with Crippen molar-refractivity contribution in [3.63, 3.8) is 0 Å². The standard InChI is InChI=1S/C15H19NO6S/c1-11(2)22-14(17)10-21-15(18)12-5-3-6-13(9-12)16-7-4-8-23(16,19)20/h3,5-6,9,11H,4,7-8,10H2,1-2H3. The number of nitrogens with zero attached hydrogens (tertiary/aromatic N) is 1. The van der Waals surface area contributed by atoms with Crippen molar-refractivity contribution in [3.05, 3.63) is 29.8 Å². The molecule has 23 heavy (non-hydrogen) atoms. The molecule has 0 unspecified atom stereocenters.